The quantitative estimate of drug-likeness (QED) is 0.831. The molecule has 1 unspecified atom stereocenters. The van der Waals surface area contributed by atoms with Crippen molar-refractivity contribution in [3.8, 4) is 11.5 Å². The van der Waals surface area contributed by atoms with Crippen molar-refractivity contribution in [1.82, 2.24) is 5.32 Å². The molecular formula is C18H20ClNO4. The summed E-state index contributed by atoms with van der Waals surface area (Å²) in [5, 5.41) is 3.31. The largest absolute Gasteiger partial charge is 0.497 e. The van der Waals surface area contributed by atoms with E-state index in [1.165, 1.54) is 7.11 Å². The number of methoxy groups -OCH3 is 3. The fourth-order valence-electron chi connectivity index (χ4n) is 2.32. The second-order valence-electron chi connectivity index (χ2n) is 5.06. The van der Waals surface area contributed by atoms with Crippen LogP contribution in [0.5, 0.6) is 11.5 Å². The Labute approximate surface area is 146 Å². The summed E-state index contributed by atoms with van der Waals surface area (Å²) in [5.74, 6) is 0.920. The van der Waals surface area contributed by atoms with Crippen LogP contribution in [0.4, 0.5) is 0 Å². The van der Waals surface area contributed by atoms with E-state index >= 15 is 0 Å². The fraction of sp³-hybridized carbons (Fsp3) is 0.278. The molecule has 128 valence electrons. The van der Waals surface area contributed by atoms with Gasteiger partial charge in [0, 0.05) is 18.7 Å². The molecule has 0 bridgehead atoms. The van der Waals surface area contributed by atoms with E-state index in [1.54, 1.807) is 32.4 Å². The minimum Gasteiger partial charge on any atom is -0.497 e. The number of ether oxygens (including phenoxy) is 3. The number of carbonyl (C=O) groups is 1. The highest BCUT2D eigenvalue weighted by atomic mass is 35.5. The van der Waals surface area contributed by atoms with E-state index in [0.29, 0.717) is 22.9 Å². The molecule has 0 aromatic heterocycles. The third kappa shape index (κ3) is 4.40. The van der Waals surface area contributed by atoms with Crippen molar-refractivity contribution in [1.29, 1.82) is 0 Å². The van der Waals surface area contributed by atoms with Crippen LogP contribution < -0.4 is 14.8 Å². The Bertz CT molecular complexity index is 705. The lowest BCUT2D eigenvalue weighted by molar-refractivity contribution is 0.0825. The first-order chi connectivity index (χ1) is 11.6. The van der Waals surface area contributed by atoms with Crippen LogP contribution in [0.15, 0.2) is 42.5 Å². The zero-order valence-corrected chi connectivity index (χ0v) is 14.6. The lowest BCUT2D eigenvalue weighted by Crippen LogP contribution is -2.29. The van der Waals surface area contributed by atoms with Gasteiger partial charge in [-0.2, -0.15) is 0 Å². The van der Waals surface area contributed by atoms with Gasteiger partial charge in [-0.3, -0.25) is 4.79 Å². The van der Waals surface area contributed by atoms with Gasteiger partial charge in [-0.25, -0.2) is 0 Å². The maximum atomic E-state index is 12.4. The Morgan fingerprint density at radius 2 is 1.92 bits per heavy atom. The summed E-state index contributed by atoms with van der Waals surface area (Å²) in [5.41, 5.74) is 1.29. The summed E-state index contributed by atoms with van der Waals surface area (Å²) < 4.78 is 15.9. The maximum absolute atomic E-state index is 12.4. The van der Waals surface area contributed by atoms with E-state index in [1.807, 2.05) is 24.3 Å². The minimum atomic E-state index is -0.297. The van der Waals surface area contributed by atoms with Gasteiger partial charge in [0.15, 0.2) is 0 Å². The van der Waals surface area contributed by atoms with E-state index in [2.05, 4.69) is 5.32 Å². The van der Waals surface area contributed by atoms with Gasteiger partial charge in [-0.1, -0.05) is 23.7 Å². The Morgan fingerprint density at radius 3 is 2.58 bits per heavy atom. The highest BCUT2D eigenvalue weighted by Gasteiger charge is 2.16. The van der Waals surface area contributed by atoms with Crippen molar-refractivity contribution >= 4 is 17.5 Å². The molecule has 5 nitrogen and oxygen atoms in total. The van der Waals surface area contributed by atoms with Crippen molar-refractivity contribution in [2.45, 2.75) is 6.10 Å². The first-order valence-corrected chi connectivity index (χ1v) is 7.75. The van der Waals surface area contributed by atoms with E-state index in [0.717, 1.165) is 11.3 Å². The molecule has 6 heteroatoms. The molecule has 0 radical (unpaired) electrons. The SMILES string of the molecule is COc1cccc(C(CNC(=O)c2cc(Cl)ccc2OC)OC)c1. The molecular weight excluding hydrogens is 330 g/mol. The molecule has 0 saturated heterocycles. The summed E-state index contributed by atoms with van der Waals surface area (Å²) in [6, 6.07) is 12.4. The number of hydrogen-bond acceptors (Lipinski definition) is 4. The van der Waals surface area contributed by atoms with Gasteiger partial charge in [0.05, 0.1) is 25.9 Å². The van der Waals surface area contributed by atoms with Crippen molar-refractivity contribution in [3.05, 3.63) is 58.6 Å². The normalized spacial score (nSPS) is 11.7. The molecule has 0 heterocycles. The lowest BCUT2D eigenvalue weighted by atomic mass is 10.1. The Morgan fingerprint density at radius 1 is 1.12 bits per heavy atom. The molecule has 0 fully saturated rings. The summed E-state index contributed by atoms with van der Waals surface area (Å²) in [6.45, 7) is 0.304. The Kier molecular flexibility index (Phi) is 6.46. The monoisotopic (exact) mass is 349 g/mol. The predicted octanol–water partition coefficient (Wildman–Crippen LogP) is 3.47. The fourth-order valence-corrected chi connectivity index (χ4v) is 2.49. The number of benzene rings is 2. The molecule has 2 aromatic carbocycles. The standard InChI is InChI=1S/C18H20ClNO4/c1-22-14-6-4-5-12(9-14)17(24-3)11-20-18(21)15-10-13(19)7-8-16(15)23-2/h4-10,17H,11H2,1-3H3,(H,20,21). The van der Waals surface area contributed by atoms with E-state index in [-0.39, 0.29) is 12.0 Å². The van der Waals surface area contributed by atoms with Crippen LogP contribution in [-0.2, 0) is 4.74 Å². The highest BCUT2D eigenvalue weighted by Crippen LogP contribution is 2.24. The molecule has 24 heavy (non-hydrogen) atoms. The number of hydrogen-bond donors (Lipinski definition) is 1. The van der Waals surface area contributed by atoms with Crippen molar-refractivity contribution in [2.24, 2.45) is 0 Å². The Hall–Kier alpha value is -2.24. The van der Waals surface area contributed by atoms with Gasteiger partial charge in [0.1, 0.15) is 11.5 Å². The van der Waals surface area contributed by atoms with Gasteiger partial charge in [-0.05, 0) is 35.9 Å². The van der Waals surface area contributed by atoms with Crippen LogP contribution in [0.25, 0.3) is 0 Å². The molecule has 0 spiro atoms. The summed E-state index contributed by atoms with van der Waals surface area (Å²) >= 11 is 5.96. The summed E-state index contributed by atoms with van der Waals surface area (Å²) in [7, 11) is 4.71. The molecule has 2 aromatic rings. The average Bonchev–Trinajstić information content (AvgIpc) is 2.62. The molecule has 0 saturated carbocycles. The van der Waals surface area contributed by atoms with Gasteiger partial charge in [0.25, 0.3) is 5.91 Å². The van der Waals surface area contributed by atoms with E-state index in [4.69, 9.17) is 25.8 Å². The van der Waals surface area contributed by atoms with Gasteiger partial charge in [-0.15, -0.1) is 0 Å². The van der Waals surface area contributed by atoms with Crippen molar-refractivity contribution in [3.63, 3.8) is 0 Å². The maximum Gasteiger partial charge on any atom is 0.255 e. The highest BCUT2D eigenvalue weighted by molar-refractivity contribution is 6.31. The second-order valence-corrected chi connectivity index (χ2v) is 5.49. The number of rotatable bonds is 7. The average molecular weight is 350 g/mol. The van der Waals surface area contributed by atoms with Crippen LogP contribution in [0, 0.1) is 0 Å². The predicted molar refractivity (Wildman–Crippen MR) is 93.1 cm³/mol. The molecule has 1 amide bonds. The van der Waals surface area contributed by atoms with Crippen LogP contribution >= 0.6 is 11.6 Å². The van der Waals surface area contributed by atoms with E-state index in [9.17, 15) is 4.79 Å². The molecule has 0 aliphatic rings. The first kappa shape index (κ1) is 18.1. The summed E-state index contributed by atoms with van der Waals surface area (Å²) in [6.07, 6.45) is -0.297. The third-order valence-corrected chi connectivity index (χ3v) is 3.84. The zero-order chi connectivity index (χ0) is 17.5. The van der Waals surface area contributed by atoms with Gasteiger partial charge in [0.2, 0.25) is 0 Å². The number of amides is 1. The Balaban J connectivity index is 2.10. The topological polar surface area (TPSA) is 56.8 Å². The van der Waals surface area contributed by atoms with Crippen LogP contribution in [-0.4, -0.2) is 33.8 Å². The summed E-state index contributed by atoms with van der Waals surface area (Å²) in [4.78, 5) is 12.4. The molecule has 2 rings (SSSR count). The smallest absolute Gasteiger partial charge is 0.255 e. The van der Waals surface area contributed by atoms with Crippen LogP contribution in [0.1, 0.15) is 22.0 Å². The second kappa shape index (κ2) is 8.57. The number of carbonyl (C=O) groups excluding carboxylic acids is 1. The first-order valence-electron chi connectivity index (χ1n) is 7.37. The van der Waals surface area contributed by atoms with Crippen LogP contribution in [0.2, 0.25) is 5.02 Å². The molecule has 1 atom stereocenters. The minimum absolute atomic E-state index is 0.278. The molecule has 0 aliphatic heterocycles. The lowest BCUT2D eigenvalue weighted by Gasteiger charge is -2.18. The molecule has 0 aliphatic carbocycles. The van der Waals surface area contributed by atoms with Gasteiger partial charge >= 0.3 is 0 Å². The number of halogens is 1. The van der Waals surface area contributed by atoms with Crippen molar-refractivity contribution in [2.75, 3.05) is 27.9 Å². The molecule has 1 N–H and O–H groups in total. The third-order valence-electron chi connectivity index (χ3n) is 3.60. The van der Waals surface area contributed by atoms with Crippen molar-refractivity contribution < 1.29 is 19.0 Å². The van der Waals surface area contributed by atoms with Crippen LogP contribution in [0.3, 0.4) is 0 Å². The number of nitrogens with one attached hydrogen (secondary N) is 1. The van der Waals surface area contributed by atoms with E-state index < -0.39 is 0 Å². The van der Waals surface area contributed by atoms with Gasteiger partial charge < -0.3 is 19.5 Å². The zero-order valence-electron chi connectivity index (χ0n) is 13.8.